The van der Waals surface area contributed by atoms with E-state index in [-0.39, 0.29) is 11.8 Å². The van der Waals surface area contributed by atoms with E-state index in [1.54, 1.807) is 34.0 Å². The van der Waals surface area contributed by atoms with Crippen LogP contribution in [0.25, 0.3) is 16.5 Å². The Kier molecular flexibility index (Phi) is 5.43. The second kappa shape index (κ2) is 8.06. The smallest absolute Gasteiger partial charge is 0.410 e. The van der Waals surface area contributed by atoms with E-state index >= 15 is 0 Å². The molecule has 0 radical (unpaired) electrons. The maximum Gasteiger partial charge on any atom is 0.410 e. The first-order valence-corrected chi connectivity index (χ1v) is 10.3. The third-order valence-corrected chi connectivity index (χ3v) is 5.11. The highest BCUT2D eigenvalue weighted by molar-refractivity contribution is 5.80. The van der Waals surface area contributed by atoms with E-state index in [4.69, 9.17) is 9.47 Å². The SMILES string of the molecule is Cn1ncc2cc(Oc3cc(C4=CCN(C(=O)OC(C)(C)C)CC4)ccc3F)ccc21. The van der Waals surface area contributed by atoms with Crippen LogP contribution in [-0.2, 0) is 11.8 Å². The summed E-state index contributed by atoms with van der Waals surface area (Å²) in [6, 6.07) is 10.4. The zero-order valence-electron chi connectivity index (χ0n) is 18.2. The molecule has 7 heteroatoms. The first-order valence-electron chi connectivity index (χ1n) is 10.3. The highest BCUT2D eigenvalue weighted by Crippen LogP contribution is 2.32. The Morgan fingerprint density at radius 3 is 2.68 bits per heavy atom. The first kappa shape index (κ1) is 20.9. The van der Waals surface area contributed by atoms with Crippen molar-refractivity contribution in [1.82, 2.24) is 14.7 Å². The second-order valence-electron chi connectivity index (χ2n) is 8.64. The van der Waals surface area contributed by atoms with Crippen LogP contribution in [0.5, 0.6) is 11.5 Å². The molecule has 0 saturated heterocycles. The van der Waals surface area contributed by atoms with Crippen LogP contribution in [-0.4, -0.2) is 39.5 Å². The van der Waals surface area contributed by atoms with E-state index < -0.39 is 11.4 Å². The number of aryl methyl sites for hydroxylation is 1. The minimum atomic E-state index is -0.525. The summed E-state index contributed by atoms with van der Waals surface area (Å²) in [5, 5.41) is 5.14. The lowest BCUT2D eigenvalue weighted by atomic mass is 9.99. The molecule has 0 spiro atoms. The lowest BCUT2D eigenvalue weighted by Gasteiger charge is -2.29. The van der Waals surface area contributed by atoms with Gasteiger partial charge in [-0.2, -0.15) is 5.10 Å². The van der Waals surface area contributed by atoms with Crippen LogP contribution in [0.3, 0.4) is 0 Å². The molecule has 162 valence electrons. The van der Waals surface area contributed by atoms with Gasteiger partial charge in [-0.25, -0.2) is 9.18 Å². The van der Waals surface area contributed by atoms with Crippen LogP contribution >= 0.6 is 0 Å². The largest absolute Gasteiger partial charge is 0.454 e. The fraction of sp³-hybridized carbons (Fsp3) is 0.333. The van der Waals surface area contributed by atoms with Gasteiger partial charge in [0.2, 0.25) is 0 Å². The van der Waals surface area contributed by atoms with Gasteiger partial charge in [0.25, 0.3) is 0 Å². The molecule has 0 atom stereocenters. The molecule has 1 amide bonds. The fourth-order valence-electron chi connectivity index (χ4n) is 3.54. The van der Waals surface area contributed by atoms with Gasteiger partial charge >= 0.3 is 6.09 Å². The van der Waals surface area contributed by atoms with E-state index in [0.717, 1.165) is 22.0 Å². The molecule has 0 saturated carbocycles. The molecule has 0 N–H and O–H groups in total. The van der Waals surface area contributed by atoms with Gasteiger partial charge in [0.05, 0.1) is 11.7 Å². The normalized spacial score (nSPS) is 14.5. The molecule has 2 aromatic carbocycles. The second-order valence-corrected chi connectivity index (χ2v) is 8.64. The molecule has 31 heavy (non-hydrogen) atoms. The number of rotatable bonds is 3. The predicted molar refractivity (Wildman–Crippen MR) is 118 cm³/mol. The van der Waals surface area contributed by atoms with Gasteiger partial charge in [0.15, 0.2) is 11.6 Å². The van der Waals surface area contributed by atoms with Crippen molar-refractivity contribution in [3.05, 3.63) is 60.1 Å². The first-order chi connectivity index (χ1) is 14.7. The van der Waals surface area contributed by atoms with Crippen molar-refractivity contribution in [1.29, 1.82) is 0 Å². The molecule has 0 bridgehead atoms. The molecule has 1 aliphatic rings. The van der Waals surface area contributed by atoms with Gasteiger partial charge in [0.1, 0.15) is 11.4 Å². The van der Waals surface area contributed by atoms with Crippen LogP contribution < -0.4 is 4.74 Å². The van der Waals surface area contributed by atoms with Crippen LogP contribution in [0.2, 0.25) is 0 Å². The van der Waals surface area contributed by atoms with Crippen molar-refractivity contribution in [3.8, 4) is 11.5 Å². The molecule has 0 unspecified atom stereocenters. The van der Waals surface area contributed by atoms with Gasteiger partial charge in [-0.05, 0) is 68.7 Å². The van der Waals surface area contributed by atoms with Gasteiger partial charge in [-0.15, -0.1) is 0 Å². The number of benzene rings is 2. The Hall–Kier alpha value is -3.35. The Morgan fingerprint density at radius 1 is 1.16 bits per heavy atom. The summed E-state index contributed by atoms with van der Waals surface area (Å²) < 4.78 is 27.5. The molecular weight excluding hydrogens is 397 g/mol. The van der Waals surface area contributed by atoms with Gasteiger partial charge < -0.3 is 14.4 Å². The average molecular weight is 423 g/mol. The number of carbonyl (C=O) groups excluding carboxylic acids is 1. The maximum absolute atomic E-state index is 14.4. The van der Waals surface area contributed by atoms with Crippen LogP contribution in [0, 0.1) is 5.82 Å². The third-order valence-electron chi connectivity index (χ3n) is 5.11. The zero-order valence-corrected chi connectivity index (χ0v) is 18.2. The Bertz CT molecular complexity index is 1160. The van der Waals surface area contributed by atoms with E-state index in [9.17, 15) is 9.18 Å². The third kappa shape index (κ3) is 4.71. The summed E-state index contributed by atoms with van der Waals surface area (Å²) in [5.41, 5.74) is 2.38. The monoisotopic (exact) mass is 423 g/mol. The summed E-state index contributed by atoms with van der Waals surface area (Å²) in [7, 11) is 1.87. The average Bonchev–Trinajstić information content (AvgIpc) is 3.09. The van der Waals surface area contributed by atoms with Crippen molar-refractivity contribution in [2.75, 3.05) is 13.1 Å². The molecule has 6 nitrogen and oxygen atoms in total. The number of hydrogen-bond acceptors (Lipinski definition) is 4. The number of amides is 1. The molecule has 0 aliphatic carbocycles. The van der Waals surface area contributed by atoms with E-state index in [1.165, 1.54) is 6.07 Å². The van der Waals surface area contributed by atoms with Crippen molar-refractivity contribution >= 4 is 22.6 Å². The number of nitrogens with zero attached hydrogens (tertiary/aromatic N) is 3. The molecule has 4 rings (SSSR count). The summed E-state index contributed by atoms with van der Waals surface area (Å²) >= 11 is 0. The Labute approximate surface area is 180 Å². The number of halogens is 1. The van der Waals surface area contributed by atoms with Gasteiger partial charge in [0, 0.05) is 25.5 Å². The summed E-state index contributed by atoms with van der Waals surface area (Å²) in [5.74, 6) is 0.281. The number of aromatic nitrogens is 2. The molecule has 1 aromatic heterocycles. The number of carbonyl (C=O) groups is 1. The molecular formula is C24H26FN3O3. The number of fused-ring (bicyclic) bond motifs is 1. The minimum absolute atomic E-state index is 0.163. The molecule has 0 fully saturated rings. The van der Waals surface area contributed by atoms with E-state index in [0.29, 0.717) is 25.3 Å². The predicted octanol–water partition coefficient (Wildman–Crippen LogP) is 5.53. The fourth-order valence-corrected chi connectivity index (χ4v) is 3.54. The lowest BCUT2D eigenvalue weighted by molar-refractivity contribution is 0.0270. The zero-order chi connectivity index (χ0) is 22.2. The maximum atomic E-state index is 14.4. The Balaban J connectivity index is 1.50. The van der Waals surface area contributed by atoms with Crippen molar-refractivity contribution in [2.24, 2.45) is 7.05 Å². The van der Waals surface area contributed by atoms with Crippen LogP contribution in [0.1, 0.15) is 32.8 Å². The van der Waals surface area contributed by atoms with Crippen LogP contribution in [0.15, 0.2) is 48.7 Å². The minimum Gasteiger partial charge on any atom is -0.454 e. The van der Waals surface area contributed by atoms with Gasteiger partial charge in [-0.1, -0.05) is 12.1 Å². The molecule has 1 aliphatic heterocycles. The van der Waals surface area contributed by atoms with E-state index in [2.05, 4.69) is 5.10 Å². The Morgan fingerprint density at radius 2 is 1.97 bits per heavy atom. The number of hydrogen-bond donors (Lipinski definition) is 0. The molecule has 3 aromatic rings. The topological polar surface area (TPSA) is 56.6 Å². The highest BCUT2D eigenvalue weighted by atomic mass is 19.1. The highest BCUT2D eigenvalue weighted by Gasteiger charge is 2.24. The van der Waals surface area contributed by atoms with E-state index in [1.807, 2.05) is 46.0 Å². The van der Waals surface area contributed by atoms with Crippen LogP contribution in [0.4, 0.5) is 9.18 Å². The lowest BCUT2D eigenvalue weighted by Crippen LogP contribution is -2.39. The summed E-state index contributed by atoms with van der Waals surface area (Å²) in [6.45, 7) is 6.55. The van der Waals surface area contributed by atoms with Crippen molar-refractivity contribution < 1.29 is 18.7 Å². The molecule has 2 heterocycles. The standard InChI is InChI=1S/C24H26FN3O3/c1-24(2,3)31-23(29)28-11-9-16(10-12-28)17-5-7-20(25)22(14-17)30-19-6-8-21-18(13-19)15-26-27(21)4/h5-9,13-15H,10-12H2,1-4H3. The van der Waals surface area contributed by atoms with Crippen molar-refractivity contribution in [3.63, 3.8) is 0 Å². The summed E-state index contributed by atoms with van der Waals surface area (Å²) in [6.07, 6.45) is 4.06. The van der Waals surface area contributed by atoms with Gasteiger partial charge in [-0.3, -0.25) is 4.68 Å². The number of ether oxygens (including phenoxy) is 2. The quantitative estimate of drug-likeness (QED) is 0.556. The summed E-state index contributed by atoms with van der Waals surface area (Å²) in [4.78, 5) is 13.9. The van der Waals surface area contributed by atoms with Crippen molar-refractivity contribution in [2.45, 2.75) is 32.8 Å².